The monoisotopic (exact) mass is 184 g/mol. The second kappa shape index (κ2) is 3.97. The zero-order valence-corrected chi connectivity index (χ0v) is 9.80. The Morgan fingerprint density at radius 1 is 1.23 bits per heavy atom. The number of hydrogen-bond acceptors (Lipinski definition) is 2. The fourth-order valence-electron chi connectivity index (χ4n) is 2.24. The minimum atomic E-state index is 0.335. The quantitative estimate of drug-likeness (QED) is 0.613. The van der Waals surface area contributed by atoms with Crippen LogP contribution in [0, 0.1) is 0 Å². The van der Waals surface area contributed by atoms with Crippen LogP contribution in [0.3, 0.4) is 0 Å². The maximum Gasteiger partial charge on any atom is 0.0226 e. The first-order valence-electron chi connectivity index (χ1n) is 5.40. The molecule has 0 bridgehead atoms. The topological polar surface area (TPSA) is 6.48 Å². The molecular formula is C11H24N2. The largest absolute Gasteiger partial charge is 0.304 e. The molecule has 1 aliphatic rings. The molecule has 1 heterocycles. The van der Waals surface area contributed by atoms with E-state index in [1.54, 1.807) is 0 Å². The van der Waals surface area contributed by atoms with E-state index in [0.717, 1.165) is 6.04 Å². The first-order valence-corrected chi connectivity index (χ1v) is 5.40. The van der Waals surface area contributed by atoms with E-state index in [-0.39, 0.29) is 0 Å². The lowest BCUT2D eigenvalue weighted by Crippen LogP contribution is -2.58. The Bertz CT molecular complexity index is 160. The molecule has 1 aliphatic heterocycles. The summed E-state index contributed by atoms with van der Waals surface area (Å²) >= 11 is 0. The molecule has 0 aromatic carbocycles. The van der Waals surface area contributed by atoms with E-state index in [1.807, 2.05) is 0 Å². The Morgan fingerprint density at radius 3 is 2.31 bits per heavy atom. The lowest BCUT2D eigenvalue weighted by molar-refractivity contribution is 0.0175. The molecule has 1 rings (SSSR count). The van der Waals surface area contributed by atoms with Gasteiger partial charge in [0.15, 0.2) is 0 Å². The molecule has 1 fully saturated rings. The van der Waals surface area contributed by atoms with E-state index >= 15 is 0 Å². The fourth-order valence-corrected chi connectivity index (χ4v) is 2.24. The van der Waals surface area contributed by atoms with E-state index in [1.165, 1.54) is 26.1 Å². The number of hydrogen-bond donors (Lipinski definition) is 0. The van der Waals surface area contributed by atoms with E-state index in [2.05, 4.69) is 44.5 Å². The molecule has 1 saturated heterocycles. The van der Waals surface area contributed by atoms with E-state index in [4.69, 9.17) is 0 Å². The number of rotatable bonds is 1. The minimum Gasteiger partial charge on any atom is -0.304 e. The summed E-state index contributed by atoms with van der Waals surface area (Å²) in [6, 6.07) is 0.749. The van der Waals surface area contributed by atoms with Gasteiger partial charge in [0.1, 0.15) is 0 Å². The predicted octanol–water partition coefficient (Wildman–Crippen LogP) is 1.81. The Hall–Kier alpha value is -0.0800. The highest BCUT2D eigenvalue weighted by atomic mass is 15.3. The molecule has 2 heteroatoms. The van der Waals surface area contributed by atoms with Gasteiger partial charge < -0.3 is 4.90 Å². The SMILES string of the molecule is CCC1CN(C)CCN1C(C)(C)C. The van der Waals surface area contributed by atoms with E-state index in [9.17, 15) is 0 Å². The summed E-state index contributed by atoms with van der Waals surface area (Å²) in [6.07, 6.45) is 1.27. The molecule has 13 heavy (non-hydrogen) atoms. The normalized spacial score (nSPS) is 27.9. The van der Waals surface area contributed by atoms with Crippen LogP contribution in [-0.4, -0.2) is 48.1 Å². The van der Waals surface area contributed by atoms with Gasteiger partial charge in [-0.05, 0) is 34.2 Å². The summed E-state index contributed by atoms with van der Waals surface area (Å²) in [5.41, 5.74) is 0.335. The van der Waals surface area contributed by atoms with Crippen LogP contribution in [0.4, 0.5) is 0 Å². The highest BCUT2D eigenvalue weighted by molar-refractivity contribution is 4.87. The third-order valence-electron chi connectivity index (χ3n) is 3.02. The molecule has 0 aliphatic carbocycles. The van der Waals surface area contributed by atoms with Gasteiger partial charge in [0.25, 0.3) is 0 Å². The van der Waals surface area contributed by atoms with Gasteiger partial charge >= 0.3 is 0 Å². The molecule has 0 aromatic rings. The minimum absolute atomic E-state index is 0.335. The van der Waals surface area contributed by atoms with Gasteiger partial charge in [0.05, 0.1) is 0 Å². The zero-order chi connectivity index (χ0) is 10.1. The van der Waals surface area contributed by atoms with Crippen molar-refractivity contribution in [3.05, 3.63) is 0 Å². The summed E-state index contributed by atoms with van der Waals surface area (Å²) < 4.78 is 0. The van der Waals surface area contributed by atoms with Gasteiger partial charge in [-0.1, -0.05) is 6.92 Å². The number of piperazine rings is 1. The number of likely N-dealkylation sites (N-methyl/N-ethyl adjacent to an activating group) is 1. The Morgan fingerprint density at radius 2 is 1.85 bits per heavy atom. The van der Waals surface area contributed by atoms with Crippen molar-refractivity contribution in [2.24, 2.45) is 0 Å². The third kappa shape index (κ3) is 2.68. The van der Waals surface area contributed by atoms with Crippen LogP contribution >= 0.6 is 0 Å². The second-order valence-corrected chi connectivity index (χ2v) is 5.19. The maximum atomic E-state index is 2.65. The highest BCUT2D eigenvalue weighted by Gasteiger charge is 2.31. The summed E-state index contributed by atoms with van der Waals surface area (Å²) in [4.78, 5) is 5.09. The van der Waals surface area contributed by atoms with Crippen molar-refractivity contribution >= 4 is 0 Å². The molecule has 0 spiro atoms. The van der Waals surface area contributed by atoms with Crippen molar-refractivity contribution in [3.63, 3.8) is 0 Å². The second-order valence-electron chi connectivity index (χ2n) is 5.19. The molecule has 78 valence electrons. The van der Waals surface area contributed by atoms with Crippen molar-refractivity contribution in [3.8, 4) is 0 Å². The first-order chi connectivity index (χ1) is 5.95. The van der Waals surface area contributed by atoms with Gasteiger partial charge in [0.2, 0.25) is 0 Å². The van der Waals surface area contributed by atoms with Gasteiger partial charge in [0, 0.05) is 31.2 Å². The average molecular weight is 184 g/mol. The van der Waals surface area contributed by atoms with Gasteiger partial charge in [-0.2, -0.15) is 0 Å². The van der Waals surface area contributed by atoms with Crippen LogP contribution in [0.2, 0.25) is 0 Å². The Kier molecular flexibility index (Phi) is 3.36. The van der Waals surface area contributed by atoms with Gasteiger partial charge in [-0.25, -0.2) is 0 Å². The molecule has 1 atom stereocenters. The lowest BCUT2D eigenvalue weighted by atomic mass is 9.99. The zero-order valence-electron chi connectivity index (χ0n) is 9.80. The summed E-state index contributed by atoms with van der Waals surface area (Å²) in [6.45, 7) is 12.9. The first kappa shape index (κ1) is 11.0. The summed E-state index contributed by atoms with van der Waals surface area (Å²) in [7, 11) is 2.22. The van der Waals surface area contributed by atoms with Gasteiger partial charge in [-0.15, -0.1) is 0 Å². The van der Waals surface area contributed by atoms with Crippen molar-refractivity contribution in [2.75, 3.05) is 26.7 Å². The molecule has 0 radical (unpaired) electrons. The van der Waals surface area contributed by atoms with Crippen LogP contribution in [0.1, 0.15) is 34.1 Å². The van der Waals surface area contributed by atoms with E-state index in [0.29, 0.717) is 5.54 Å². The number of nitrogens with zero attached hydrogens (tertiary/aromatic N) is 2. The third-order valence-corrected chi connectivity index (χ3v) is 3.02. The van der Waals surface area contributed by atoms with Crippen LogP contribution in [-0.2, 0) is 0 Å². The lowest BCUT2D eigenvalue weighted by Gasteiger charge is -2.47. The average Bonchev–Trinajstić information content (AvgIpc) is 2.01. The van der Waals surface area contributed by atoms with Gasteiger partial charge in [-0.3, -0.25) is 4.90 Å². The van der Waals surface area contributed by atoms with E-state index < -0.39 is 0 Å². The maximum absolute atomic E-state index is 2.65. The summed E-state index contributed by atoms with van der Waals surface area (Å²) in [5, 5.41) is 0. The Labute approximate surface area is 82.9 Å². The van der Waals surface area contributed by atoms with Crippen LogP contribution in [0.25, 0.3) is 0 Å². The Balaban J connectivity index is 2.63. The van der Waals surface area contributed by atoms with Crippen LogP contribution in [0.5, 0.6) is 0 Å². The van der Waals surface area contributed by atoms with Crippen LogP contribution in [0.15, 0.2) is 0 Å². The molecule has 1 unspecified atom stereocenters. The highest BCUT2D eigenvalue weighted by Crippen LogP contribution is 2.21. The molecule has 2 nitrogen and oxygen atoms in total. The van der Waals surface area contributed by atoms with Crippen molar-refractivity contribution in [1.29, 1.82) is 0 Å². The molecule has 0 saturated carbocycles. The van der Waals surface area contributed by atoms with Crippen molar-refractivity contribution in [2.45, 2.75) is 45.7 Å². The fraction of sp³-hybridized carbons (Fsp3) is 1.00. The molecular weight excluding hydrogens is 160 g/mol. The van der Waals surface area contributed by atoms with Crippen molar-refractivity contribution in [1.82, 2.24) is 9.80 Å². The van der Waals surface area contributed by atoms with Crippen molar-refractivity contribution < 1.29 is 0 Å². The molecule has 0 N–H and O–H groups in total. The predicted molar refractivity (Wildman–Crippen MR) is 58.0 cm³/mol. The molecule has 0 aromatic heterocycles. The smallest absolute Gasteiger partial charge is 0.0226 e. The molecule has 0 amide bonds. The van der Waals surface area contributed by atoms with Crippen LogP contribution < -0.4 is 0 Å². The standard InChI is InChI=1S/C11H24N2/c1-6-10-9-12(5)7-8-13(10)11(2,3)4/h10H,6-9H2,1-5H3. The summed E-state index contributed by atoms with van der Waals surface area (Å²) in [5.74, 6) is 0.